The summed E-state index contributed by atoms with van der Waals surface area (Å²) in [6.45, 7) is 7.84. The number of carboxylic acids is 1. The van der Waals surface area contributed by atoms with E-state index >= 15 is 0 Å². The van der Waals surface area contributed by atoms with Gasteiger partial charge in [0.2, 0.25) is 0 Å². The number of carbonyl (C=O) groups is 1. The molecule has 2 N–H and O–H groups in total. The number of hydrogen-bond acceptors (Lipinski definition) is 3. The van der Waals surface area contributed by atoms with Gasteiger partial charge in [0.25, 0.3) is 0 Å². The first-order chi connectivity index (χ1) is 10.0. The van der Waals surface area contributed by atoms with Crippen molar-refractivity contribution in [2.75, 3.05) is 6.54 Å². The van der Waals surface area contributed by atoms with E-state index in [-0.39, 0.29) is 0 Å². The lowest BCUT2D eigenvalue weighted by Gasteiger charge is -2.35. The Hall–Kier alpha value is -0.610. The number of rotatable bonds is 9. The molecule has 2 saturated carbocycles. The van der Waals surface area contributed by atoms with Crippen molar-refractivity contribution in [2.45, 2.75) is 95.8 Å². The van der Waals surface area contributed by atoms with Gasteiger partial charge in [-0.05, 0) is 58.4 Å². The average molecular weight is 296 g/mol. The van der Waals surface area contributed by atoms with Crippen LogP contribution in [0, 0.1) is 0 Å². The molecule has 0 amide bonds. The Morgan fingerprint density at radius 2 is 2.10 bits per heavy atom. The monoisotopic (exact) mass is 296 g/mol. The van der Waals surface area contributed by atoms with Crippen LogP contribution in [0.3, 0.4) is 0 Å². The Morgan fingerprint density at radius 3 is 2.62 bits per heavy atom. The van der Waals surface area contributed by atoms with Crippen LogP contribution in [0.25, 0.3) is 0 Å². The second-order valence-electron chi connectivity index (χ2n) is 7.05. The molecule has 0 aliphatic heterocycles. The quantitative estimate of drug-likeness (QED) is 0.687. The van der Waals surface area contributed by atoms with E-state index in [2.05, 4.69) is 31.0 Å². The highest BCUT2D eigenvalue weighted by atomic mass is 16.4. The highest BCUT2D eigenvalue weighted by molar-refractivity contribution is 5.79. The van der Waals surface area contributed by atoms with Gasteiger partial charge in [0.05, 0.1) is 0 Å². The van der Waals surface area contributed by atoms with E-state index in [0.29, 0.717) is 18.1 Å². The summed E-state index contributed by atoms with van der Waals surface area (Å²) < 4.78 is 0. The van der Waals surface area contributed by atoms with Crippen LogP contribution >= 0.6 is 0 Å². The van der Waals surface area contributed by atoms with Crippen LogP contribution in [0.1, 0.15) is 72.1 Å². The summed E-state index contributed by atoms with van der Waals surface area (Å²) >= 11 is 0. The smallest absolute Gasteiger partial charge is 0.323 e. The molecule has 122 valence electrons. The summed E-state index contributed by atoms with van der Waals surface area (Å²) in [7, 11) is 0. The van der Waals surface area contributed by atoms with Crippen LogP contribution in [0.4, 0.5) is 0 Å². The summed E-state index contributed by atoms with van der Waals surface area (Å²) in [5, 5.41) is 13.2. The molecular formula is C17H32N2O2. The van der Waals surface area contributed by atoms with Crippen LogP contribution in [-0.2, 0) is 4.79 Å². The van der Waals surface area contributed by atoms with E-state index in [1.807, 2.05) is 0 Å². The van der Waals surface area contributed by atoms with Gasteiger partial charge in [-0.25, -0.2) is 0 Å². The lowest BCUT2D eigenvalue weighted by atomic mass is 9.96. The molecule has 0 spiro atoms. The van der Waals surface area contributed by atoms with Gasteiger partial charge < -0.3 is 5.11 Å². The zero-order chi connectivity index (χ0) is 15.5. The minimum absolute atomic E-state index is 0.425. The van der Waals surface area contributed by atoms with Crippen molar-refractivity contribution in [3.05, 3.63) is 0 Å². The molecule has 2 fully saturated rings. The normalized spacial score (nSPS) is 30.8. The number of nitrogens with zero attached hydrogens (tertiary/aromatic N) is 1. The highest BCUT2D eigenvalue weighted by Gasteiger charge is 2.49. The van der Waals surface area contributed by atoms with Gasteiger partial charge in [0, 0.05) is 18.1 Å². The minimum atomic E-state index is -0.663. The van der Waals surface area contributed by atoms with Gasteiger partial charge in [-0.2, -0.15) is 0 Å². The van der Waals surface area contributed by atoms with Crippen LogP contribution in [0.5, 0.6) is 0 Å². The van der Waals surface area contributed by atoms with Crippen molar-refractivity contribution < 1.29 is 9.90 Å². The van der Waals surface area contributed by atoms with Crippen molar-refractivity contribution in [1.82, 2.24) is 10.2 Å². The first-order valence-electron chi connectivity index (χ1n) is 8.79. The molecule has 2 rings (SSSR count). The summed E-state index contributed by atoms with van der Waals surface area (Å²) in [5.41, 5.74) is -0.663. The second-order valence-corrected chi connectivity index (χ2v) is 7.05. The molecule has 2 aliphatic rings. The van der Waals surface area contributed by atoms with Crippen molar-refractivity contribution in [2.24, 2.45) is 0 Å². The topological polar surface area (TPSA) is 52.6 Å². The molecule has 4 heteroatoms. The molecule has 0 bridgehead atoms. The minimum Gasteiger partial charge on any atom is -0.480 e. The maximum Gasteiger partial charge on any atom is 0.323 e. The third kappa shape index (κ3) is 3.98. The van der Waals surface area contributed by atoms with Gasteiger partial charge in [-0.1, -0.05) is 20.3 Å². The third-order valence-electron chi connectivity index (χ3n) is 5.35. The predicted octanol–water partition coefficient (Wildman–Crippen LogP) is 3.01. The Labute approximate surface area is 129 Å². The first-order valence-corrected chi connectivity index (χ1v) is 8.79. The van der Waals surface area contributed by atoms with Gasteiger partial charge in [-0.15, -0.1) is 0 Å². The lowest BCUT2D eigenvalue weighted by molar-refractivity contribution is -0.145. The number of carboxylic acid groups (broad SMARTS) is 1. The lowest BCUT2D eigenvalue weighted by Crippen LogP contribution is -2.53. The molecule has 0 heterocycles. The maximum atomic E-state index is 11.8. The second kappa shape index (κ2) is 7.10. The summed E-state index contributed by atoms with van der Waals surface area (Å²) in [4.78, 5) is 14.4. The van der Waals surface area contributed by atoms with Gasteiger partial charge in [0.1, 0.15) is 5.54 Å². The van der Waals surface area contributed by atoms with Crippen LogP contribution in [0.2, 0.25) is 0 Å². The zero-order valence-corrected chi connectivity index (χ0v) is 13.9. The number of unbranched alkanes of at least 4 members (excludes halogenated alkanes) is 1. The van der Waals surface area contributed by atoms with Crippen LogP contribution in [-0.4, -0.2) is 46.2 Å². The first kappa shape index (κ1) is 16.8. The van der Waals surface area contributed by atoms with E-state index in [9.17, 15) is 9.90 Å². The Kier molecular flexibility index (Phi) is 5.67. The van der Waals surface area contributed by atoms with Crippen molar-refractivity contribution >= 4 is 5.97 Å². The predicted molar refractivity (Wildman–Crippen MR) is 85.5 cm³/mol. The fourth-order valence-corrected chi connectivity index (χ4v) is 3.65. The molecule has 0 aromatic heterocycles. The number of aliphatic carboxylic acids is 1. The third-order valence-corrected chi connectivity index (χ3v) is 5.35. The van der Waals surface area contributed by atoms with E-state index in [4.69, 9.17) is 0 Å². The molecule has 3 atom stereocenters. The number of hydrogen-bond donors (Lipinski definition) is 2. The average Bonchev–Trinajstić information content (AvgIpc) is 3.17. The van der Waals surface area contributed by atoms with E-state index in [1.54, 1.807) is 0 Å². The van der Waals surface area contributed by atoms with Crippen LogP contribution in [0.15, 0.2) is 0 Å². The molecule has 0 radical (unpaired) electrons. The van der Waals surface area contributed by atoms with E-state index < -0.39 is 11.5 Å². The van der Waals surface area contributed by atoms with Crippen molar-refractivity contribution in [3.63, 3.8) is 0 Å². The fourth-order valence-electron chi connectivity index (χ4n) is 3.65. The van der Waals surface area contributed by atoms with Gasteiger partial charge in [-0.3, -0.25) is 15.0 Å². The molecule has 2 aliphatic carbocycles. The summed E-state index contributed by atoms with van der Waals surface area (Å²) in [5.74, 6) is -0.642. The van der Waals surface area contributed by atoms with Gasteiger partial charge >= 0.3 is 5.97 Å². The standard InChI is InChI=1S/C17H32N2O2/c1-4-6-11-19(13(3)5-2)15-9-10-17(12-15,16(20)21)18-14-7-8-14/h13-15,18H,4-12H2,1-3H3,(H,20,21). The largest absolute Gasteiger partial charge is 0.480 e. The summed E-state index contributed by atoms with van der Waals surface area (Å²) in [6, 6.07) is 1.42. The molecule has 21 heavy (non-hydrogen) atoms. The fraction of sp³-hybridized carbons (Fsp3) is 0.941. The molecular weight excluding hydrogens is 264 g/mol. The highest BCUT2D eigenvalue weighted by Crippen LogP contribution is 2.37. The maximum absolute atomic E-state index is 11.8. The van der Waals surface area contributed by atoms with E-state index in [0.717, 1.165) is 45.1 Å². The SMILES string of the molecule is CCCCN(C(C)CC)C1CCC(NC2CC2)(C(=O)O)C1. The Morgan fingerprint density at radius 1 is 1.38 bits per heavy atom. The van der Waals surface area contributed by atoms with Crippen molar-refractivity contribution in [3.8, 4) is 0 Å². The Balaban J connectivity index is 2.03. The molecule has 0 saturated heterocycles. The zero-order valence-electron chi connectivity index (χ0n) is 13.9. The van der Waals surface area contributed by atoms with E-state index in [1.165, 1.54) is 12.8 Å². The number of nitrogens with one attached hydrogen (secondary N) is 1. The van der Waals surface area contributed by atoms with Crippen molar-refractivity contribution in [1.29, 1.82) is 0 Å². The molecule has 3 unspecified atom stereocenters. The Bertz CT molecular complexity index is 357. The molecule has 0 aromatic carbocycles. The molecule has 0 aromatic rings. The van der Waals surface area contributed by atoms with Gasteiger partial charge in [0.15, 0.2) is 0 Å². The summed E-state index contributed by atoms with van der Waals surface area (Å²) in [6.07, 6.45) is 8.39. The van der Waals surface area contributed by atoms with Crippen LogP contribution < -0.4 is 5.32 Å². The molecule has 4 nitrogen and oxygen atoms in total.